The molecule has 4 nitrogen and oxygen atoms in total. The Kier molecular flexibility index (Phi) is 5.47. The lowest BCUT2D eigenvalue weighted by Crippen LogP contribution is -2.21. The van der Waals surface area contributed by atoms with E-state index in [9.17, 15) is 10.1 Å². The lowest BCUT2D eigenvalue weighted by molar-refractivity contribution is -0.384. The van der Waals surface area contributed by atoms with Gasteiger partial charge in [-0.05, 0) is 40.8 Å². The van der Waals surface area contributed by atoms with Gasteiger partial charge in [0.25, 0.3) is 5.69 Å². The molecule has 0 radical (unpaired) electrons. The Morgan fingerprint density at radius 2 is 2.19 bits per heavy atom. The summed E-state index contributed by atoms with van der Waals surface area (Å²) in [6, 6.07) is 7.08. The Morgan fingerprint density at radius 3 is 2.81 bits per heavy atom. The van der Waals surface area contributed by atoms with Gasteiger partial charge in [0.2, 0.25) is 0 Å². The van der Waals surface area contributed by atoms with E-state index in [1.54, 1.807) is 23.5 Å². The molecular formula is C16H20N2O2S. The number of nitro groups is 1. The van der Waals surface area contributed by atoms with Crippen LogP contribution in [0.15, 0.2) is 35.0 Å². The summed E-state index contributed by atoms with van der Waals surface area (Å²) in [5.41, 5.74) is 3.73. The minimum atomic E-state index is -0.338. The molecule has 2 rings (SSSR count). The van der Waals surface area contributed by atoms with Crippen LogP contribution >= 0.6 is 11.3 Å². The van der Waals surface area contributed by atoms with Gasteiger partial charge < -0.3 is 5.32 Å². The molecule has 0 aliphatic rings. The van der Waals surface area contributed by atoms with Crippen molar-refractivity contribution in [3.63, 3.8) is 0 Å². The van der Waals surface area contributed by atoms with Crippen LogP contribution in [0.2, 0.25) is 0 Å². The van der Waals surface area contributed by atoms with Crippen molar-refractivity contribution in [2.45, 2.75) is 39.3 Å². The van der Waals surface area contributed by atoms with E-state index in [-0.39, 0.29) is 16.7 Å². The Balaban J connectivity index is 2.12. The van der Waals surface area contributed by atoms with Crippen LogP contribution in [-0.4, -0.2) is 4.92 Å². The smallest absolute Gasteiger partial charge is 0.269 e. The maximum atomic E-state index is 10.9. The number of aryl methyl sites for hydroxylation is 1. The highest BCUT2D eigenvalue weighted by molar-refractivity contribution is 7.08. The lowest BCUT2D eigenvalue weighted by Gasteiger charge is -2.18. The monoisotopic (exact) mass is 304 g/mol. The minimum Gasteiger partial charge on any atom is -0.306 e. The highest BCUT2D eigenvalue weighted by Crippen LogP contribution is 2.24. The zero-order valence-electron chi connectivity index (χ0n) is 12.3. The summed E-state index contributed by atoms with van der Waals surface area (Å²) in [5, 5.41) is 18.7. The predicted molar refractivity (Wildman–Crippen MR) is 86.6 cm³/mol. The first-order valence-electron chi connectivity index (χ1n) is 7.11. The Hall–Kier alpha value is -1.72. The number of hydrogen-bond acceptors (Lipinski definition) is 4. The van der Waals surface area contributed by atoms with Crippen LogP contribution in [0.25, 0.3) is 0 Å². The molecule has 0 aliphatic heterocycles. The molecule has 0 spiro atoms. The Bertz CT molecular complexity index is 610. The van der Waals surface area contributed by atoms with E-state index < -0.39 is 0 Å². The molecule has 1 unspecified atom stereocenters. The average Bonchev–Trinajstić information content (AvgIpc) is 2.89. The lowest BCUT2D eigenvalue weighted by atomic mass is 10.0. The van der Waals surface area contributed by atoms with Crippen LogP contribution < -0.4 is 5.32 Å². The largest absolute Gasteiger partial charge is 0.306 e. The van der Waals surface area contributed by atoms with Crippen LogP contribution in [0.5, 0.6) is 0 Å². The van der Waals surface area contributed by atoms with Gasteiger partial charge in [-0.25, -0.2) is 0 Å². The zero-order chi connectivity index (χ0) is 15.2. The highest BCUT2D eigenvalue weighted by Gasteiger charge is 2.14. The second-order valence-corrected chi connectivity index (χ2v) is 5.90. The first kappa shape index (κ1) is 15.7. The molecule has 5 heteroatoms. The van der Waals surface area contributed by atoms with Crippen LogP contribution in [0.3, 0.4) is 0 Å². The molecule has 1 aromatic heterocycles. The fourth-order valence-corrected chi connectivity index (χ4v) is 3.19. The quantitative estimate of drug-likeness (QED) is 0.601. The molecule has 1 atom stereocenters. The molecular weight excluding hydrogens is 284 g/mol. The molecule has 1 heterocycles. The first-order chi connectivity index (χ1) is 10.1. The van der Waals surface area contributed by atoms with Crippen molar-refractivity contribution in [1.82, 2.24) is 5.32 Å². The average molecular weight is 304 g/mol. The van der Waals surface area contributed by atoms with Crippen LogP contribution in [0.4, 0.5) is 5.69 Å². The third kappa shape index (κ3) is 4.12. The van der Waals surface area contributed by atoms with Crippen LogP contribution in [0.1, 0.15) is 42.5 Å². The van der Waals surface area contributed by atoms with Gasteiger partial charge in [-0.15, -0.1) is 0 Å². The molecule has 1 N–H and O–H groups in total. The van der Waals surface area contributed by atoms with Gasteiger partial charge in [-0.1, -0.05) is 25.5 Å². The number of nitrogens with one attached hydrogen (secondary N) is 1. The van der Waals surface area contributed by atoms with E-state index in [0.29, 0.717) is 0 Å². The summed E-state index contributed by atoms with van der Waals surface area (Å²) in [6.07, 6.45) is 1.99. The summed E-state index contributed by atoms with van der Waals surface area (Å²) in [5.74, 6) is 0. The standard InChI is InChI=1S/C16H20N2O2S/c1-3-5-16(17-9-14-11-21-10-12(14)2)13-6-4-7-15(8-13)18(19)20/h4,6-8,10-11,16-17H,3,5,9H2,1-2H3. The van der Waals surface area contributed by atoms with E-state index in [1.807, 2.05) is 6.07 Å². The summed E-state index contributed by atoms with van der Waals surface area (Å²) >= 11 is 1.70. The van der Waals surface area contributed by atoms with Crippen molar-refractivity contribution in [2.75, 3.05) is 0 Å². The van der Waals surface area contributed by atoms with E-state index in [1.165, 1.54) is 17.2 Å². The zero-order valence-corrected chi connectivity index (χ0v) is 13.2. The molecule has 0 bridgehead atoms. The molecule has 0 amide bonds. The van der Waals surface area contributed by atoms with E-state index in [2.05, 4.69) is 29.9 Å². The summed E-state index contributed by atoms with van der Waals surface area (Å²) in [7, 11) is 0. The first-order valence-corrected chi connectivity index (χ1v) is 8.05. The number of non-ortho nitro benzene ring substituents is 1. The van der Waals surface area contributed by atoms with E-state index in [4.69, 9.17) is 0 Å². The normalized spacial score (nSPS) is 12.3. The topological polar surface area (TPSA) is 55.2 Å². The third-order valence-corrected chi connectivity index (χ3v) is 4.47. The number of nitro benzene ring substituents is 1. The molecule has 112 valence electrons. The number of thiophene rings is 1. The Labute approximate surface area is 129 Å². The second kappa shape index (κ2) is 7.33. The van der Waals surface area contributed by atoms with E-state index >= 15 is 0 Å². The summed E-state index contributed by atoms with van der Waals surface area (Å²) in [4.78, 5) is 10.6. The van der Waals surface area contributed by atoms with Crippen LogP contribution in [0, 0.1) is 17.0 Å². The van der Waals surface area contributed by atoms with E-state index in [0.717, 1.165) is 24.9 Å². The fourth-order valence-electron chi connectivity index (χ4n) is 2.33. The third-order valence-electron chi connectivity index (χ3n) is 3.56. The van der Waals surface area contributed by atoms with Crippen molar-refractivity contribution in [3.8, 4) is 0 Å². The Morgan fingerprint density at radius 1 is 1.38 bits per heavy atom. The summed E-state index contributed by atoms with van der Waals surface area (Å²) < 4.78 is 0. The van der Waals surface area contributed by atoms with Crippen LogP contribution in [-0.2, 0) is 6.54 Å². The van der Waals surface area contributed by atoms with Crippen molar-refractivity contribution in [3.05, 3.63) is 61.8 Å². The van der Waals surface area contributed by atoms with Gasteiger partial charge in [-0.3, -0.25) is 10.1 Å². The second-order valence-electron chi connectivity index (χ2n) is 5.15. The number of hydrogen-bond donors (Lipinski definition) is 1. The van der Waals surface area contributed by atoms with Gasteiger partial charge in [0.1, 0.15) is 0 Å². The molecule has 0 saturated heterocycles. The minimum absolute atomic E-state index is 0.147. The highest BCUT2D eigenvalue weighted by atomic mass is 32.1. The van der Waals surface area contributed by atoms with Gasteiger partial charge in [0.05, 0.1) is 4.92 Å². The molecule has 21 heavy (non-hydrogen) atoms. The van der Waals surface area contributed by atoms with Gasteiger partial charge in [0.15, 0.2) is 0 Å². The SMILES string of the molecule is CCCC(NCc1cscc1C)c1cccc([N+](=O)[O-])c1. The molecule has 0 aliphatic carbocycles. The molecule has 2 aromatic rings. The molecule has 0 saturated carbocycles. The van der Waals surface area contributed by atoms with Crippen molar-refractivity contribution >= 4 is 17.0 Å². The van der Waals surface area contributed by atoms with Gasteiger partial charge in [-0.2, -0.15) is 11.3 Å². The van der Waals surface area contributed by atoms with Gasteiger partial charge in [0, 0.05) is 24.7 Å². The van der Waals surface area contributed by atoms with Crippen molar-refractivity contribution in [2.24, 2.45) is 0 Å². The fraction of sp³-hybridized carbons (Fsp3) is 0.375. The molecule has 1 aromatic carbocycles. The number of nitrogens with zero attached hydrogens (tertiary/aromatic N) is 1. The number of rotatable bonds is 7. The molecule has 0 fully saturated rings. The predicted octanol–water partition coefficient (Wildman–Crippen LogP) is 4.60. The summed E-state index contributed by atoms with van der Waals surface area (Å²) in [6.45, 7) is 5.03. The number of benzene rings is 1. The van der Waals surface area contributed by atoms with Gasteiger partial charge >= 0.3 is 0 Å². The maximum Gasteiger partial charge on any atom is 0.269 e. The van der Waals surface area contributed by atoms with Crippen molar-refractivity contribution < 1.29 is 4.92 Å². The maximum absolute atomic E-state index is 10.9. The van der Waals surface area contributed by atoms with Crippen molar-refractivity contribution in [1.29, 1.82) is 0 Å².